The Morgan fingerprint density at radius 2 is 2.00 bits per heavy atom. The van der Waals surface area contributed by atoms with Gasteiger partial charge in [-0.2, -0.15) is 0 Å². The summed E-state index contributed by atoms with van der Waals surface area (Å²) in [6.45, 7) is 1.52. The minimum absolute atomic E-state index is 0.0416. The number of methoxy groups -OCH3 is 2. The Morgan fingerprint density at radius 1 is 1.29 bits per heavy atom. The molecule has 3 rings (SSSR count). The first-order chi connectivity index (χ1) is 13.4. The maximum Gasteiger partial charge on any atom is 0.333 e. The van der Waals surface area contributed by atoms with Crippen LogP contribution in [-0.4, -0.2) is 46.8 Å². The van der Waals surface area contributed by atoms with Crippen LogP contribution in [0.5, 0.6) is 0 Å². The molecule has 0 saturated carbocycles. The first-order valence-corrected chi connectivity index (χ1v) is 8.46. The summed E-state index contributed by atoms with van der Waals surface area (Å²) in [4.78, 5) is 27.6. The summed E-state index contributed by atoms with van der Waals surface area (Å²) in [5.41, 5.74) is -0.0160. The van der Waals surface area contributed by atoms with E-state index in [0.717, 1.165) is 5.69 Å². The number of hydrogen-bond donors (Lipinski definition) is 1. The summed E-state index contributed by atoms with van der Waals surface area (Å²) in [6, 6.07) is 11.2. The molecular formula is C19H20N4O5. The van der Waals surface area contributed by atoms with Crippen LogP contribution in [0.4, 0.5) is 11.4 Å². The first kappa shape index (κ1) is 19.3. The van der Waals surface area contributed by atoms with Crippen molar-refractivity contribution < 1.29 is 19.2 Å². The number of anilines is 1. The number of esters is 1. The van der Waals surface area contributed by atoms with Crippen LogP contribution in [0.2, 0.25) is 0 Å². The van der Waals surface area contributed by atoms with E-state index in [2.05, 4.69) is 10.3 Å². The van der Waals surface area contributed by atoms with Crippen LogP contribution in [-0.2, 0) is 14.3 Å². The highest BCUT2D eigenvalue weighted by Gasteiger charge is 2.37. The van der Waals surface area contributed by atoms with Gasteiger partial charge in [-0.25, -0.2) is 9.78 Å². The lowest BCUT2D eigenvalue weighted by molar-refractivity contribution is -0.384. The second-order valence-electron chi connectivity index (χ2n) is 6.42. The molecule has 9 nitrogen and oxygen atoms in total. The zero-order valence-corrected chi connectivity index (χ0v) is 15.7. The molecule has 0 bridgehead atoms. The Morgan fingerprint density at radius 3 is 2.61 bits per heavy atom. The second-order valence-corrected chi connectivity index (χ2v) is 6.42. The van der Waals surface area contributed by atoms with Crippen LogP contribution in [0, 0.1) is 10.1 Å². The van der Waals surface area contributed by atoms with Gasteiger partial charge >= 0.3 is 11.7 Å². The third-order valence-electron chi connectivity index (χ3n) is 4.39. The summed E-state index contributed by atoms with van der Waals surface area (Å²) >= 11 is 0. The fourth-order valence-electron chi connectivity index (χ4n) is 3.08. The number of nitrogens with zero attached hydrogens (tertiary/aromatic N) is 3. The number of nitro groups is 1. The molecule has 1 atom stereocenters. The van der Waals surface area contributed by atoms with Gasteiger partial charge in [0.15, 0.2) is 5.54 Å². The average molecular weight is 384 g/mol. The third-order valence-corrected chi connectivity index (χ3v) is 4.39. The molecule has 0 aliphatic heterocycles. The SMILES string of the molecule is COCC(C)(Nc1c([N+](=O)[O-])cnc2c1ccn2-c1ccccc1)C(=O)OC. The van der Waals surface area contributed by atoms with E-state index in [1.54, 1.807) is 19.2 Å². The summed E-state index contributed by atoms with van der Waals surface area (Å²) in [7, 11) is 2.69. The van der Waals surface area contributed by atoms with Crippen molar-refractivity contribution in [2.75, 3.05) is 26.1 Å². The Kier molecular flexibility index (Phi) is 5.27. The lowest BCUT2D eigenvalue weighted by Gasteiger charge is -2.28. The molecule has 2 heterocycles. The highest BCUT2D eigenvalue weighted by molar-refractivity contribution is 5.98. The lowest BCUT2D eigenvalue weighted by atomic mass is 10.0. The highest BCUT2D eigenvalue weighted by atomic mass is 16.6. The van der Waals surface area contributed by atoms with Gasteiger partial charge in [-0.05, 0) is 25.1 Å². The van der Waals surface area contributed by atoms with Crippen LogP contribution in [0.25, 0.3) is 16.7 Å². The van der Waals surface area contributed by atoms with E-state index in [0.29, 0.717) is 11.0 Å². The number of carbonyl (C=O) groups excluding carboxylic acids is 1. The number of rotatable bonds is 7. The van der Waals surface area contributed by atoms with E-state index in [4.69, 9.17) is 9.47 Å². The number of pyridine rings is 1. The number of fused-ring (bicyclic) bond motifs is 1. The molecule has 0 radical (unpaired) electrons. The molecule has 146 valence electrons. The number of nitrogens with one attached hydrogen (secondary N) is 1. The molecule has 0 aliphatic carbocycles. The van der Waals surface area contributed by atoms with Crippen molar-refractivity contribution in [3.8, 4) is 5.69 Å². The Hall–Kier alpha value is -3.46. The van der Waals surface area contributed by atoms with Gasteiger partial charge in [-0.3, -0.25) is 10.1 Å². The first-order valence-electron chi connectivity index (χ1n) is 8.46. The fraction of sp³-hybridized carbons (Fsp3) is 0.263. The van der Waals surface area contributed by atoms with Gasteiger partial charge in [0.25, 0.3) is 0 Å². The maximum absolute atomic E-state index is 12.3. The van der Waals surface area contributed by atoms with Crippen molar-refractivity contribution in [1.82, 2.24) is 9.55 Å². The van der Waals surface area contributed by atoms with Crippen molar-refractivity contribution >= 4 is 28.4 Å². The highest BCUT2D eigenvalue weighted by Crippen LogP contribution is 2.35. The molecule has 2 aromatic heterocycles. The van der Waals surface area contributed by atoms with E-state index < -0.39 is 16.4 Å². The minimum Gasteiger partial charge on any atom is -0.467 e. The van der Waals surface area contributed by atoms with Crippen molar-refractivity contribution in [1.29, 1.82) is 0 Å². The maximum atomic E-state index is 12.3. The molecule has 9 heteroatoms. The zero-order chi connectivity index (χ0) is 20.3. The van der Waals surface area contributed by atoms with Gasteiger partial charge in [0.1, 0.15) is 17.5 Å². The zero-order valence-electron chi connectivity index (χ0n) is 15.7. The smallest absolute Gasteiger partial charge is 0.333 e. The lowest BCUT2D eigenvalue weighted by Crippen LogP contribution is -2.48. The molecular weight excluding hydrogens is 364 g/mol. The van der Waals surface area contributed by atoms with E-state index in [-0.39, 0.29) is 18.0 Å². The molecule has 0 amide bonds. The molecule has 0 aliphatic rings. The Balaban J connectivity index is 2.19. The van der Waals surface area contributed by atoms with Gasteiger partial charge in [-0.1, -0.05) is 18.2 Å². The van der Waals surface area contributed by atoms with Gasteiger partial charge in [0.05, 0.1) is 18.6 Å². The molecule has 0 fully saturated rings. The molecule has 1 unspecified atom stereocenters. The fourth-order valence-corrected chi connectivity index (χ4v) is 3.08. The number of para-hydroxylation sites is 1. The van der Waals surface area contributed by atoms with Crippen molar-refractivity contribution in [3.05, 3.63) is 58.9 Å². The van der Waals surface area contributed by atoms with Crippen molar-refractivity contribution in [3.63, 3.8) is 0 Å². The van der Waals surface area contributed by atoms with Crippen molar-refractivity contribution in [2.45, 2.75) is 12.5 Å². The Bertz CT molecular complexity index is 1020. The van der Waals surface area contributed by atoms with Crippen LogP contribution in [0.1, 0.15) is 6.92 Å². The van der Waals surface area contributed by atoms with Gasteiger partial charge in [0.2, 0.25) is 0 Å². The normalized spacial score (nSPS) is 13.1. The number of aromatic nitrogens is 2. The largest absolute Gasteiger partial charge is 0.467 e. The van der Waals surface area contributed by atoms with Gasteiger partial charge < -0.3 is 19.4 Å². The molecule has 3 aromatic rings. The quantitative estimate of drug-likeness (QED) is 0.379. The van der Waals surface area contributed by atoms with Gasteiger partial charge in [0, 0.05) is 24.4 Å². The molecule has 28 heavy (non-hydrogen) atoms. The number of ether oxygens (including phenoxy) is 2. The minimum atomic E-state index is -1.32. The van der Waals surface area contributed by atoms with E-state index in [1.807, 2.05) is 34.9 Å². The number of benzene rings is 1. The van der Waals surface area contributed by atoms with Crippen LogP contribution >= 0.6 is 0 Å². The van der Waals surface area contributed by atoms with E-state index in [1.165, 1.54) is 20.4 Å². The Labute approximate surface area is 161 Å². The topological polar surface area (TPSA) is 109 Å². The van der Waals surface area contributed by atoms with E-state index >= 15 is 0 Å². The van der Waals surface area contributed by atoms with E-state index in [9.17, 15) is 14.9 Å². The van der Waals surface area contributed by atoms with Crippen LogP contribution in [0.15, 0.2) is 48.8 Å². The monoisotopic (exact) mass is 384 g/mol. The second kappa shape index (κ2) is 7.65. The predicted molar refractivity (Wildman–Crippen MR) is 104 cm³/mol. The molecule has 1 N–H and O–H groups in total. The molecule has 1 aromatic carbocycles. The average Bonchev–Trinajstić information content (AvgIpc) is 3.12. The standard InChI is InChI=1S/C19H20N4O5/c1-19(12-27-2,18(24)28-3)21-16-14-9-10-22(13-7-5-4-6-8-13)17(14)20-11-15(16)23(25)26/h4-11H,12H2,1-3H3,(H,20,21). The number of carbonyl (C=O) groups is 1. The van der Waals surface area contributed by atoms with Crippen LogP contribution in [0.3, 0.4) is 0 Å². The summed E-state index contributed by atoms with van der Waals surface area (Å²) in [5, 5.41) is 15.1. The molecule has 0 saturated heterocycles. The molecule has 0 spiro atoms. The van der Waals surface area contributed by atoms with Crippen LogP contribution < -0.4 is 5.32 Å². The number of hydrogen-bond acceptors (Lipinski definition) is 7. The third kappa shape index (κ3) is 3.39. The van der Waals surface area contributed by atoms with Gasteiger partial charge in [-0.15, -0.1) is 0 Å². The van der Waals surface area contributed by atoms with Crippen molar-refractivity contribution in [2.24, 2.45) is 0 Å². The summed E-state index contributed by atoms with van der Waals surface area (Å²) in [6.07, 6.45) is 2.95. The summed E-state index contributed by atoms with van der Waals surface area (Å²) < 4.78 is 11.8. The predicted octanol–water partition coefficient (Wildman–Crippen LogP) is 2.92. The summed E-state index contributed by atoms with van der Waals surface area (Å²) in [5.74, 6) is -0.601.